The zero-order valence-electron chi connectivity index (χ0n) is 14.3. The fourth-order valence-corrected chi connectivity index (χ4v) is 5.16. The molecule has 0 radical (unpaired) electrons. The van der Waals surface area contributed by atoms with Crippen molar-refractivity contribution < 1.29 is 8.42 Å². The third kappa shape index (κ3) is 4.51. The van der Waals surface area contributed by atoms with Crippen molar-refractivity contribution in [2.75, 3.05) is 13.6 Å². The highest BCUT2D eigenvalue weighted by Gasteiger charge is 2.22. The molecule has 0 saturated carbocycles. The lowest BCUT2D eigenvalue weighted by atomic mass is 10.2. The Balaban J connectivity index is 1.99. The molecule has 1 heterocycles. The van der Waals surface area contributed by atoms with E-state index in [1.165, 1.54) is 11.3 Å². The summed E-state index contributed by atoms with van der Waals surface area (Å²) in [4.78, 5) is 4.86. The lowest BCUT2D eigenvalue weighted by Gasteiger charge is -2.10. The van der Waals surface area contributed by atoms with Crippen molar-refractivity contribution in [2.24, 2.45) is 0 Å². The van der Waals surface area contributed by atoms with Gasteiger partial charge in [-0.1, -0.05) is 41.9 Å². The first kappa shape index (κ1) is 19.0. The third-order valence-electron chi connectivity index (χ3n) is 3.89. The highest BCUT2D eigenvalue weighted by atomic mass is 35.5. The van der Waals surface area contributed by atoms with Gasteiger partial charge in [-0.05, 0) is 30.8 Å². The molecule has 1 aromatic heterocycles. The van der Waals surface area contributed by atoms with Crippen LogP contribution in [0.3, 0.4) is 0 Å². The number of benzene rings is 2. The first-order chi connectivity index (χ1) is 12.5. The Hall–Kier alpha value is -1.73. The van der Waals surface area contributed by atoms with Gasteiger partial charge in [0.1, 0.15) is 0 Å². The monoisotopic (exact) mass is 406 g/mol. The van der Waals surface area contributed by atoms with Crippen LogP contribution < -0.4 is 5.32 Å². The Kier molecular flexibility index (Phi) is 6.09. The quantitative estimate of drug-likeness (QED) is 0.638. The predicted molar refractivity (Wildman–Crippen MR) is 108 cm³/mol. The van der Waals surface area contributed by atoms with Crippen LogP contribution in [0.5, 0.6) is 0 Å². The molecule has 0 saturated heterocycles. The number of hydrogen-bond acceptors (Lipinski definition) is 5. The van der Waals surface area contributed by atoms with E-state index < -0.39 is 9.84 Å². The number of hydrogen-bond donors (Lipinski definition) is 1. The van der Waals surface area contributed by atoms with E-state index in [1.807, 2.05) is 42.8 Å². The zero-order chi connectivity index (χ0) is 18.6. The van der Waals surface area contributed by atoms with E-state index in [0.717, 1.165) is 23.5 Å². The average molecular weight is 407 g/mol. The van der Waals surface area contributed by atoms with Crippen molar-refractivity contribution in [3.63, 3.8) is 0 Å². The van der Waals surface area contributed by atoms with Crippen LogP contribution in [0.25, 0.3) is 11.3 Å². The highest BCUT2D eigenvalue weighted by molar-refractivity contribution is 7.90. The van der Waals surface area contributed by atoms with Gasteiger partial charge < -0.3 is 5.32 Å². The summed E-state index contributed by atoms with van der Waals surface area (Å²) in [6, 6.07) is 14.0. The van der Waals surface area contributed by atoms with E-state index in [0.29, 0.717) is 16.3 Å². The molecule has 136 valence electrons. The fourth-order valence-electron chi connectivity index (χ4n) is 2.63. The van der Waals surface area contributed by atoms with E-state index in [1.54, 1.807) is 18.2 Å². The van der Waals surface area contributed by atoms with Crippen LogP contribution in [0.15, 0.2) is 58.8 Å². The van der Waals surface area contributed by atoms with Gasteiger partial charge in [0, 0.05) is 28.9 Å². The topological polar surface area (TPSA) is 59.1 Å². The smallest absolute Gasteiger partial charge is 0.183 e. The largest absolute Gasteiger partial charge is 0.319 e. The van der Waals surface area contributed by atoms with Gasteiger partial charge in [-0.15, -0.1) is 11.3 Å². The summed E-state index contributed by atoms with van der Waals surface area (Å²) in [5, 5.41) is 6.42. The molecule has 0 aliphatic rings. The molecular weight excluding hydrogens is 388 g/mol. The van der Waals surface area contributed by atoms with E-state index >= 15 is 0 Å². The molecule has 7 heteroatoms. The molecule has 26 heavy (non-hydrogen) atoms. The van der Waals surface area contributed by atoms with Crippen molar-refractivity contribution in [2.45, 2.75) is 17.1 Å². The summed E-state index contributed by atoms with van der Waals surface area (Å²) < 4.78 is 26.0. The number of thiazole rings is 1. The molecule has 3 rings (SSSR count). The molecule has 3 aromatic rings. The maximum atomic E-state index is 13.0. The Morgan fingerprint density at radius 2 is 1.92 bits per heavy atom. The fraction of sp³-hybridized carbons (Fsp3) is 0.211. The molecule has 1 N–H and O–H groups in total. The van der Waals surface area contributed by atoms with Gasteiger partial charge in [0.25, 0.3) is 0 Å². The van der Waals surface area contributed by atoms with Crippen molar-refractivity contribution in [1.82, 2.24) is 10.3 Å². The van der Waals surface area contributed by atoms with Crippen molar-refractivity contribution >= 4 is 32.8 Å². The van der Waals surface area contributed by atoms with Crippen LogP contribution in [-0.2, 0) is 22.0 Å². The molecule has 0 fully saturated rings. The minimum Gasteiger partial charge on any atom is -0.319 e. The number of sulfone groups is 1. The Bertz CT molecular complexity index is 986. The minimum atomic E-state index is -3.52. The van der Waals surface area contributed by atoms with Gasteiger partial charge in [-0.3, -0.25) is 0 Å². The van der Waals surface area contributed by atoms with E-state index in [2.05, 4.69) is 10.3 Å². The summed E-state index contributed by atoms with van der Waals surface area (Å²) in [5.41, 5.74) is 1.96. The maximum absolute atomic E-state index is 13.0. The average Bonchev–Trinajstić information content (AvgIpc) is 3.09. The molecule has 0 amide bonds. The van der Waals surface area contributed by atoms with E-state index in [-0.39, 0.29) is 10.6 Å². The second-order valence-corrected chi connectivity index (χ2v) is 9.20. The summed E-state index contributed by atoms with van der Waals surface area (Å²) >= 11 is 7.66. The normalized spacial score (nSPS) is 11.6. The number of halogens is 1. The zero-order valence-corrected chi connectivity index (χ0v) is 16.7. The molecule has 0 unspecified atom stereocenters. The number of rotatable bonds is 7. The molecule has 0 aliphatic heterocycles. The standard InChI is InChI=1S/C19H19ClN2O2S2/c1-21-10-9-19-22-17(12-25-19)16-11-15(20)7-8-18(16)26(23,24)13-14-5-3-2-4-6-14/h2-8,11-12,21H,9-10,13H2,1H3. The first-order valence-electron chi connectivity index (χ1n) is 8.15. The summed E-state index contributed by atoms with van der Waals surface area (Å²) in [6.07, 6.45) is 0.799. The second kappa shape index (κ2) is 8.31. The van der Waals surface area contributed by atoms with Gasteiger partial charge in [-0.25, -0.2) is 13.4 Å². The van der Waals surface area contributed by atoms with Crippen LogP contribution >= 0.6 is 22.9 Å². The number of nitrogens with zero attached hydrogens (tertiary/aromatic N) is 1. The lowest BCUT2D eigenvalue weighted by molar-refractivity contribution is 0.595. The predicted octanol–water partition coefficient (Wildman–Crippen LogP) is 4.20. The Labute approximate surface area is 162 Å². The van der Waals surface area contributed by atoms with Gasteiger partial charge >= 0.3 is 0 Å². The number of aromatic nitrogens is 1. The minimum absolute atomic E-state index is 0.0563. The SMILES string of the molecule is CNCCc1nc(-c2cc(Cl)ccc2S(=O)(=O)Cc2ccccc2)cs1. The number of nitrogens with one attached hydrogen (secondary N) is 1. The van der Waals surface area contributed by atoms with Gasteiger partial charge in [-0.2, -0.15) is 0 Å². The Morgan fingerprint density at radius 3 is 2.65 bits per heavy atom. The van der Waals surface area contributed by atoms with Crippen molar-refractivity contribution in [3.05, 3.63) is 69.5 Å². The molecule has 2 aromatic carbocycles. The summed E-state index contributed by atoms with van der Waals surface area (Å²) in [5.74, 6) is -0.0563. The van der Waals surface area contributed by atoms with Crippen LogP contribution in [-0.4, -0.2) is 27.0 Å². The molecule has 0 aliphatic carbocycles. The van der Waals surface area contributed by atoms with Crippen molar-refractivity contribution in [3.8, 4) is 11.3 Å². The lowest BCUT2D eigenvalue weighted by Crippen LogP contribution is -2.10. The molecule has 0 spiro atoms. The first-order valence-corrected chi connectivity index (χ1v) is 11.1. The third-order valence-corrected chi connectivity index (χ3v) is 6.78. The van der Waals surface area contributed by atoms with E-state index in [9.17, 15) is 8.42 Å². The van der Waals surface area contributed by atoms with E-state index in [4.69, 9.17) is 11.6 Å². The van der Waals surface area contributed by atoms with Gasteiger partial charge in [0.15, 0.2) is 9.84 Å². The molecule has 4 nitrogen and oxygen atoms in total. The van der Waals surface area contributed by atoms with Crippen LogP contribution in [0.4, 0.5) is 0 Å². The van der Waals surface area contributed by atoms with Gasteiger partial charge in [0.2, 0.25) is 0 Å². The molecular formula is C19H19ClN2O2S2. The summed E-state index contributed by atoms with van der Waals surface area (Å²) in [6.45, 7) is 0.821. The Morgan fingerprint density at radius 1 is 1.15 bits per heavy atom. The maximum Gasteiger partial charge on any atom is 0.183 e. The molecule has 0 bridgehead atoms. The highest BCUT2D eigenvalue weighted by Crippen LogP contribution is 2.32. The van der Waals surface area contributed by atoms with Crippen LogP contribution in [0.1, 0.15) is 10.6 Å². The molecule has 0 atom stereocenters. The van der Waals surface area contributed by atoms with Crippen LogP contribution in [0.2, 0.25) is 5.02 Å². The number of likely N-dealkylation sites (N-methyl/N-ethyl adjacent to an activating group) is 1. The van der Waals surface area contributed by atoms with Crippen LogP contribution in [0, 0.1) is 0 Å². The van der Waals surface area contributed by atoms with Crippen molar-refractivity contribution in [1.29, 1.82) is 0 Å². The summed E-state index contributed by atoms with van der Waals surface area (Å²) in [7, 11) is -1.63. The second-order valence-electron chi connectivity index (χ2n) is 5.87. The van der Waals surface area contributed by atoms with Gasteiger partial charge in [0.05, 0.1) is 21.3 Å².